The minimum absolute atomic E-state index is 0.0870. The quantitative estimate of drug-likeness (QED) is 0.627. The molecule has 0 saturated heterocycles. The van der Waals surface area contributed by atoms with Gasteiger partial charge in [-0.05, 0) is 24.6 Å². The lowest BCUT2D eigenvalue weighted by atomic mass is 10.1. The fourth-order valence-electron chi connectivity index (χ4n) is 1.91. The second kappa shape index (κ2) is 5.85. The fourth-order valence-corrected chi connectivity index (χ4v) is 2.38. The minimum Gasteiger partial charge on any atom is -0.417 e. The normalized spacial score (nSPS) is 21.4. The molecule has 2 rings (SSSR count). The van der Waals surface area contributed by atoms with Gasteiger partial charge in [0, 0.05) is 17.5 Å². The molecule has 1 aromatic rings. The molecule has 1 heterocycles. The van der Waals surface area contributed by atoms with E-state index in [1.54, 1.807) is 0 Å². The Morgan fingerprint density at radius 2 is 1.96 bits per heavy atom. The average Bonchev–Trinajstić information content (AvgIpc) is 2.72. The maximum absolute atomic E-state index is 14.0. The summed E-state index contributed by atoms with van der Waals surface area (Å²) in [7, 11) is 0. The third-order valence-electron chi connectivity index (χ3n) is 2.98. The molecule has 0 radical (unpaired) electrons. The molecule has 0 saturated carbocycles. The van der Waals surface area contributed by atoms with E-state index in [2.05, 4.69) is 9.57 Å². The van der Waals surface area contributed by atoms with Gasteiger partial charge in [0.05, 0.1) is 5.70 Å². The summed E-state index contributed by atoms with van der Waals surface area (Å²) in [6.45, 7) is 2.28. The molecule has 1 aromatic carbocycles. The van der Waals surface area contributed by atoms with E-state index < -0.39 is 34.5 Å². The lowest BCUT2D eigenvalue weighted by Gasteiger charge is -2.28. The highest BCUT2D eigenvalue weighted by atomic mass is 35.5. The number of nitrogens with one attached hydrogen (secondary N) is 1. The summed E-state index contributed by atoms with van der Waals surface area (Å²) < 4.78 is 58.1. The Kier molecular flexibility index (Phi) is 4.53. The molecule has 0 spiro atoms. The van der Waals surface area contributed by atoms with Gasteiger partial charge in [0.25, 0.3) is 0 Å². The van der Waals surface area contributed by atoms with Crippen LogP contribution in [-0.2, 0) is 14.4 Å². The minimum atomic E-state index is -5.19. The van der Waals surface area contributed by atoms with Crippen LogP contribution in [0.3, 0.4) is 0 Å². The van der Waals surface area contributed by atoms with Gasteiger partial charge in [-0.2, -0.15) is 13.2 Å². The zero-order chi connectivity index (χ0) is 17.6. The lowest BCUT2D eigenvalue weighted by molar-refractivity contribution is -0.350. The number of halogens is 6. The van der Waals surface area contributed by atoms with Crippen LogP contribution in [-0.4, -0.2) is 17.9 Å². The van der Waals surface area contributed by atoms with Gasteiger partial charge in [-0.15, -0.1) is 0 Å². The van der Waals surface area contributed by atoms with Crippen molar-refractivity contribution in [2.45, 2.75) is 25.8 Å². The van der Waals surface area contributed by atoms with Crippen molar-refractivity contribution in [3.63, 3.8) is 0 Å². The molecule has 126 valence electrons. The third-order valence-corrected chi connectivity index (χ3v) is 3.83. The lowest BCUT2D eigenvalue weighted by Crippen LogP contribution is -2.50. The molecule has 0 bridgehead atoms. The maximum atomic E-state index is 14.0. The topological polar surface area (TPSA) is 47.6 Å². The number of alkyl halides is 3. The predicted octanol–water partition coefficient (Wildman–Crippen LogP) is 4.05. The Balaban J connectivity index is 2.63. The summed E-state index contributed by atoms with van der Waals surface area (Å²) in [4.78, 5) is 15.4. The number of ether oxygens (including phenoxy) is 1. The van der Waals surface area contributed by atoms with Crippen LogP contribution in [0.2, 0.25) is 5.02 Å². The summed E-state index contributed by atoms with van der Waals surface area (Å²) in [5.74, 6) is -5.75. The van der Waals surface area contributed by atoms with Crippen molar-refractivity contribution in [1.29, 1.82) is 0 Å². The molecule has 0 amide bonds. The van der Waals surface area contributed by atoms with E-state index in [0.29, 0.717) is 5.56 Å². The Hall–Kier alpha value is -1.51. The van der Waals surface area contributed by atoms with Gasteiger partial charge < -0.3 is 4.74 Å². The Labute approximate surface area is 137 Å². The smallest absolute Gasteiger partial charge is 0.417 e. The molecular formula is C13H9Cl2F4NO3. The summed E-state index contributed by atoms with van der Waals surface area (Å²) in [6.07, 6.45) is -5.19. The van der Waals surface area contributed by atoms with Crippen LogP contribution in [0.15, 0.2) is 17.2 Å². The Bertz CT molecular complexity index is 705. The van der Waals surface area contributed by atoms with Crippen molar-refractivity contribution in [3.05, 3.63) is 39.1 Å². The first-order chi connectivity index (χ1) is 10.5. The molecule has 0 aliphatic carbocycles. The molecule has 1 aliphatic heterocycles. The highest BCUT2D eigenvalue weighted by molar-refractivity contribution is 6.34. The molecule has 1 aliphatic rings. The summed E-state index contributed by atoms with van der Waals surface area (Å²) in [6, 6.07) is 2.11. The highest BCUT2D eigenvalue weighted by Crippen LogP contribution is 2.48. The number of carbonyl (C=O) groups is 1. The van der Waals surface area contributed by atoms with E-state index in [9.17, 15) is 22.4 Å². The van der Waals surface area contributed by atoms with Crippen LogP contribution in [0.25, 0.3) is 5.70 Å². The van der Waals surface area contributed by atoms with E-state index in [4.69, 9.17) is 23.2 Å². The van der Waals surface area contributed by atoms with Gasteiger partial charge in [0.1, 0.15) is 10.8 Å². The number of carbonyl (C=O) groups excluding carboxylic acids is 1. The third kappa shape index (κ3) is 2.98. The van der Waals surface area contributed by atoms with Gasteiger partial charge in [0.2, 0.25) is 0 Å². The van der Waals surface area contributed by atoms with Gasteiger partial charge >= 0.3 is 17.9 Å². The van der Waals surface area contributed by atoms with Crippen molar-refractivity contribution in [3.8, 4) is 0 Å². The van der Waals surface area contributed by atoms with Crippen molar-refractivity contribution in [1.82, 2.24) is 5.48 Å². The molecule has 0 aromatic heterocycles. The number of hydrogen-bond acceptors (Lipinski definition) is 4. The first kappa shape index (κ1) is 17.8. The Morgan fingerprint density at radius 3 is 2.48 bits per heavy atom. The number of benzene rings is 1. The van der Waals surface area contributed by atoms with Gasteiger partial charge in [-0.25, -0.2) is 9.23 Å². The van der Waals surface area contributed by atoms with Gasteiger partial charge in [-0.3, -0.25) is 10.3 Å². The zero-order valence-electron chi connectivity index (χ0n) is 11.6. The standard InChI is InChI=1S/C13H9Cl2F4NO3/c1-5-3-7(9(16)4-8(5)14)10-11(15)12(23-20-10,13(17,18)19)22-6(2)21/h3-4,20H,1-2H3. The molecule has 0 fully saturated rings. The predicted molar refractivity (Wildman–Crippen MR) is 73.7 cm³/mol. The monoisotopic (exact) mass is 373 g/mol. The molecule has 1 atom stereocenters. The number of hydroxylamine groups is 1. The molecule has 10 heteroatoms. The van der Waals surface area contributed by atoms with E-state index in [1.165, 1.54) is 13.0 Å². The van der Waals surface area contributed by atoms with Crippen molar-refractivity contribution in [2.24, 2.45) is 0 Å². The van der Waals surface area contributed by atoms with Gasteiger partial charge in [-0.1, -0.05) is 23.2 Å². The van der Waals surface area contributed by atoms with Crippen LogP contribution < -0.4 is 5.48 Å². The van der Waals surface area contributed by atoms with Crippen molar-refractivity contribution in [2.75, 3.05) is 0 Å². The fraction of sp³-hybridized carbons (Fsp3) is 0.308. The molecular weight excluding hydrogens is 365 g/mol. The summed E-state index contributed by atoms with van der Waals surface area (Å²) in [5.41, 5.74) is 1.46. The van der Waals surface area contributed by atoms with E-state index in [0.717, 1.165) is 13.0 Å². The average molecular weight is 374 g/mol. The molecule has 4 nitrogen and oxygen atoms in total. The molecule has 1 unspecified atom stereocenters. The SMILES string of the molecule is CC(=O)OC1(C(F)(F)F)ONC(c2cc(C)c(Cl)cc2F)=C1Cl. The van der Waals surface area contributed by atoms with E-state index in [1.807, 2.05) is 5.48 Å². The van der Waals surface area contributed by atoms with Crippen LogP contribution in [0.5, 0.6) is 0 Å². The van der Waals surface area contributed by atoms with E-state index in [-0.39, 0.29) is 10.6 Å². The number of aryl methyl sites for hydroxylation is 1. The number of rotatable bonds is 2. The van der Waals surface area contributed by atoms with Gasteiger partial charge in [0.15, 0.2) is 0 Å². The highest BCUT2D eigenvalue weighted by Gasteiger charge is 2.67. The van der Waals surface area contributed by atoms with Crippen LogP contribution in [0.4, 0.5) is 17.6 Å². The van der Waals surface area contributed by atoms with Crippen molar-refractivity contribution < 1.29 is 31.9 Å². The van der Waals surface area contributed by atoms with Crippen LogP contribution >= 0.6 is 23.2 Å². The largest absolute Gasteiger partial charge is 0.463 e. The first-order valence-electron chi connectivity index (χ1n) is 6.06. The number of esters is 1. The summed E-state index contributed by atoms with van der Waals surface area (Å²) >= 11 is 11.5. The van der Waals surface area contributed by atoms with Crippen molar-refractivity contribution >= 4 is 34.9 Å². The molecule has 23 heavy (non-hydrogen) atoms. The molecule has 1 N–H and O–H groups in total. The van der Waals surface area contributed by atoms with Crippen LogP contribution in [0, 0.1) is 12.7 Å². The summed E-state index contributed by atoms with van der Waals surface area (Å²) in [5, 5.41) is -0.968. The van der Waals surface area contributed by atoms with E-state index >= 15 is 0 Å². The second-order valence-electron chi connectivity index (χ2n) is 4.68. The maximum Gasteiger partial charge on any atom is 0.463 e. The Morgan fingerprint density at radius 1 is 1.35 bits per heavy atom. The zero-order valence-corrected chi connectivity index (χ0v) is 13.2. The van der Waals surface area contributed by atoms with Crippen LogP contribution in [0.1, 0.15) is 18.1 Å². The number of hydrogen-bond donors (Lipinski definition) is 1. The second-order valence-corrected chi connectivity index (χ2v) is 5.47. The first-order valence-corrected chi connectivity index (χ1v) is 6.82.